The molecular formula is C46H78N8O6Si3. The maximum Gasteiger partial charge on any atom is 0.192 e. The van der Waals surface area contributed by atoms with Crippen LogP contribution in [0.3, 0.4) is 0 Å². The lowest BCUT2D eigenvalue weighted by Gasteiger charge is -2.36. The minimum Gasteiger partial charge on any atom is -0.411 e. The van der Waals surface area contributed by atoms with E-state index < -0.39 is 25.0 Å². The fraction of sp³-hybridized carbons (Fsp3) is 0.565. The van der Waals surface area contributed by atoms with E-state index in [1.54, 1.807) is 18.2 Å². The molecule has 0 aliphatic heterocycles. The standard InChI is InChI=1S/C13H22N4OSi.C13H24N2OSi.C13H23NO2Si.C7H9NO2/c1-13(2,3)19(4,5)18-10-12-8-6-7-11(16-12)9-15-17-14;1-13(2,3)17(4,5)16-10-12-8-6-7-11(9-14)15-12;1-13(2,3)17(4,5)16-10-12-8-6-7-11(9-15)14-12;9-4-6-2-1-3-7(5-10)8-6/h6-8H,9-10H2,1-5H3;6-8H,9-10,14H2,1-5H3;6-8,15H,9-10H2,1-5H3;1-3,9-10H,4-5H2. The van der Waals surface area contributed by atoms with Crippen LogP contribution < -0.4 is 5.73 Å². The molecule has 63 heavy (non-hydrogen) atoms. The molecular weight excluding hydrogens is 845 g/mol. The van der Waals surface area contributed by atoms with E-state index in [2.05, 4.69) is 132 Å². The Hall–Kier alpha value is -3.72. The predicted octanol–water partition coefficient (Wildman–Crippen LogP) is 10.6. The second-order valence-electron chi connectivity index (χ2n) is 19.7. The molecule has 0 saturated heterocycles. The molecule has 350 valence electrons. The number of azide groups is 1. The fourth-order valence-electron chi connectivity index (χ4n) is 4.34. The van der Waals surface area contributed by atoms with Gasteiger partial charge in [0, 0.05) is 17.2 Å². The first-order valence-corrected chi connectivity index (χ1v) is 30.1. The molecule has 0 radical (unpaired) electrons. The molecule has 0 aromatic carbocycles. The lowest BCUT2D eigenvalue weighted by molar-refractivity contribution is 0.263. The van der Waals surface area contributed by atoms with E-state index >= 15 is 0 Å². The van der Waals surface area contributed by atoms with Gasteiger partial charge in [0.2, 0.25) is 0 Å². The van der Waals surface area contributed by atoms with Crippen molar-refractivity contribution in [2.24, 2.45) is 10.8 Å². The van der Waals surface area contributed by atoms with Crippen molar-refractivity contribution in [1.29, 1.82) is 0 Å². The highest BCUT2D eigenvalue weighted by Gasteiger charge is 2.38. The van der Waals surface area contributed by atoms with E-state index in [9.17, 15) is 0 Å². The minimum absolute atomic E-state index is 0.0199. The van der Waals surface area contributed by atoms with Crippen LogP contribution >= 0.6 is 0 Å². The predicted molar refractivity (Wildman–Crippen MR) is 261 cm³/mol. The van der Waals surface area contributed by atoms with E-state index in [0.717, 1.165) is 28.5 Å². The maximum atomic E-state index is 9.02. The van der Waals surface area contributed by atoms with Gasteiger partial charge in [0.05, 0.1) is 86.0 Å². The van der Waals surface area contributed by atoms with E-state index in [-0.39, 0.29) is 41.5 Å². The molecule has 4 rings (SSSR count). The average molecular weight is 923 g/mol. The summed E-state index contributed by atoms with van der Waals surface area (Å²) in [7, 11) is -5.16. The molecule has 0 unspecified atom stereocenters. The van der Waals surface area contributed by atoms with Crippen molar-refractivity contribution in [3.05, 3.63) is 129 Å². The first-order valence-electron chi connectivity index (χ1n) is 21.4. The summed E-state index contributed by atoms with van der Waals surface area (Å²) in [5.74, 6) is 0. The summed E-state index contributed by atoms with van der Waals surface area (Å²) >= 11 is 0. The molecule has 4 aromatic rings. The number of nitrogens with two attached hydrogens (primary N) is 1. The summed E-state index contributed by atoms with van der Waals surface area (Å²) in [6.07, 6.45) is 0. The van der Waals surface area contributed by atoms with Crippen LogP contribution in [0.5, 0.6) is 0 Å². The number of pyridine rings is 4. The van der Waals surface area contributed by atoms with Gasteiger partial charge >= 0.3 is 0 Å². The Morgan fingerprint density at radius 3 is 1.03 bits per heavy atom. The van der Waals surface area contributed by atoms with Crippen LogP contribution in [-0.2, 0) is 66.0 Å². The SMILES string of the molecule is CC(C)(C)[Si](C)(C)OCc1cccc(CN)n1.CC(C)(C)[Si](C)(C)OCc1cccc(CN=[N+]=[N-])n1.CC(C)(C)[Si](C)(C)OCc1cccc(CO)n1.OCc1cccc(CO)n1. The van der Waals surface area contributed by atoms with Gasteiger partial charge < -0.3 is 34.3 Å². The third-order valence-electron chi connectivity index (χ3n) is 11.6. The number of nitrogens with zero attached hydrogens (tertiary/aromatic N) is 7. The molecule has 0 fully saturated rings. The third-order valence-corrected chi connectivity index (χ3v) is 25.0. The van der Waals surface area contributed by atoms with Gasteiger partial charge in [-0.3, -0.25) is 19.9 Å². The maximum absolute atomic E-state index is 9.02. The summed E-state index contributed by atoms with van der Waals surface area (Å²) in [6, 6.07) is 22.5. The smallest absolute Gasteiger partial charge is 0.192 e. The topological polar surface area (TPSA) is 215 Å². The average Bonchev–Trinajstić information content (AvgIpc) is 3.23. The zero-order chi connectivity index (χ0) is 48.1. The second kappa shape index (κ2) is 26.3. The van der Waals surface area contributed by atoms with E-state index in [4.69, 9.17) is 39.9 Å². The van der Waals surface area contributed by atoms with Crippen LogP contribution in [0.15, 0.2) is 77.9 Å². The number of aromatic nitrogens is 4. The highest BCUT2D eigenvalue weighted by atomic mass is 28.4. The molecule has 4 aromatic heterocycles. The van der Waals surface area contributed by atoms with Crippen molar-refractivity contribution in [2.45, 2.75) is 169 Å². The van der Waals surface area contributed by atoms with Crippen molar-refractivity contribution in [3.8, 4) is 0 Å². The molecule has 0 atom stereocenters. The van der Waals surface area contributed by atoms with Gasteiger partial charge in [0.25, 0.3) is 0 Å². The summed E-state index contributed by atoms with van der Waals surface area (Å²) in [5.41, 5.74) is 20.2. The quantitative estimate of drug-likeness (QED) is 0.0381. The summed E-state index contributed by atoms with van der Waals surface area (Å²) in [6.45, 7) is 35.6. The van der Waals surface area contributed by atoms with Gasteiger partial charge in [-0.2, -0.15) is 0 Å². The van der Waals surface area contributed by atoms with Crippen LogP contribution in [0.1, 0.15) is 108 Å². The van der Waals surface area contributed by atoms with Crippen molar-refractivity contribution in [3.63, 3.8) is 0 Å². The van der Waals surface area contributed by atoms with Gasteiger partial charge in [0.1, 0.15) is 0 Å². The summed E-state index contributed by atoms with van der Waals surface area (Å²) < 4.78 is 18.3. The third kappa shape index (κ3) is 21.2. The Bertz CT molecular complexity index is 1900. The molecule has 4 heterocycles. The Kier molecular flexibility index (Phi) is 23.9. The molecule has 0 spiro atoms. The number of aliphatic hydroxyl groups is 3. The monoisotopic (exact) mass is 923 g/mol. The lowest BCUT2D eigenvalue weighted by Crippen LogP contribution is -2.40. The van der Waals surface area contributed by atoms with Gasteiger partial charge in [-0.15, -0.1) is 0 Å². The zero-order valence-electron chi connectivity index (χ0n) is 40.9. The number of hydrogen-bond donors (Lipinski definition) is 4. The van der Waals surface area contributed by atoms with Crippen molar-refractivity contribution in [2.75, 3.05) is 0 Å². The largest absolute Gasteiger partial charge is 0.411 e. The Morgan fingerprint density at radius 2 is 0.746 bits per heavy atom. The molecule has 0 bridgehead atoms. The first-order chi connectivity index (χ1) is 29.1. The van der Waals surface area contributed by atoms with Crippen molar-refractivity contribution in [1.82, 2.24) is 19.9 Å². The lowest BCUT2D eigenvalue weighted by atomic mass is 10.2. The Morgan fingerprint density at radius 1 is 0.492 bits per heavy atom. The normalized spacial score (nSPS) is 12.1. The second-order valence-corrected chi connectivity index (χ2v) is 34.1. The Labute approximate surface area is 381 Å². The van der Waals surface area contributed by atoms with Gasteiger partial charge in [-0.05, 0) is 108 Å². The van der Waals surface area contributed by atoms with Crippen molar-refractivity contribution >= 4 is 25.0 Å². The fourth-order valence-corrected chi connectivity index (χ4v) is 7.17. The van der Waals surface area contributed by atoms with Crippen LogP contribution in [0.4, 0.5) is 0 Å². The van der Waals surface area contributed by atoms with Gasteiger partial charge in [0.15, 0.2) is 25.0 Å². The number of rotatable bonds is 15. The molecule has 14 nitrogen and oxygen atoms in total. The van der Waals surface area contributed by atoms with Crippen LogP contribution in [0.2, 0.25) is 54.4 Å². The molecule has 0 saturated carbocycles. The number of aliphatic hydroxyl groups excluding tert-OH is 3. The first kappa shape index (κ1) is 57.3. The molecule has 5 N–H and O–H groups in total. The minimum atomic E-state index is -1.75. The molecule has 17 heteroatoms. The van der Waals surface area contributed by atoms with E-state index in [0.29, 0.717) is 43.4 Å². The van der Waals surface area contributed by atoms with Crippen LogP contribution in [0, 0.1) is 0 Å². The van der Waals surface area contributed by atoms with Crippen LogP contribution in [-0.4, -0.2) is 60.2 Å². The number of hydrogen-bond acceptors (Lipinski definition) is 12. The Balaban J connectivity index is 0.000000428. The molecule has 0 amide bonds. The highest BCUT2D eigenvalue weighted by Crippen LogP contribution is 2.38. The molecule has 0 aliphatic rings. The van der Waals surface area contributed by atoms with Gasteiger partial charge in [-0.1, -0.05) is 91.7 Å². The summed E-state index contributed by atoms with van der Waals surface area (Å²) in [4.78, 5) is 19.8. The summed E-state index contributed by atoms with van der Waals surface area (Å²) in [5, 5.41) is 30.4. The zero-order valence-corrected chi connectivity index (χ0v) is 43.9. The van der Waals surface area contributed by atoms with Gasteiger partial charge in [-0.25, -0.2) is 0 Å². The molecule has 0 aliphatic carbocycles. The van der Waals surface area contributed by atoms with Crippen molar-refractivity contribution < 1.29 is 28.6 Å². The van der Waals surface area contributed by atoms with E-state index in [1.807, 2.05) is 54.6 Å². The highest BCUT2D eigenvalue weighted by molar-refractivity contribution is 6.74. The van der Waals surface area contributed by atoms with E-state index in [1.165, 1.54) is 0 Å². The van der Waals surface area contributed by atoms with Crippen LogP contribution in [0.25, 0.3) is 10.4 Å².